The fourth-order valence-corrected chi connectivity index (χ4v) is 1.98. The summed E-state index contributed by atoms with van der Waals surface area (Å²) in [6.07, 6.45) is 0.184. The fourth-order valence-electron chi connectivity index (χ4n) is 1.66. The number of benzene rings is 1. The molecule has 0 aliphatic heterocycles. The van der Waals surface area contributed by atoms with Gasteiger partial charge in [-0.2, -0.15) is 0 Å². The van der Waals surface area contributed by atoms with E-state index >= 15 is 0 Å². The molecule has 4 N–H and O–H groups in total. The first-order chi connectivity index (χ1) is 9.81. The Kier molecular flexibility index (Phi) is 6.10. The molecule has 0 bridgehead atoms. The summed E-state index contributed by atoms with van der Waals surface area (Å²) in [5.41, 5.74) is 5.86. The zero-order valence-corrected chi connectivity index (χ0v) is 13.1. The zero-order chi connectivity index (χ0) is 16.0. The number of carbonyl (C=O) groups excluding carboxylic acids is 3. The third-order valence-electron chi connectivity index (χ3n) is 2.56. The average molecular weight is 354 g/mol. The normalized spacial score (nSPS) is 11.3. The molecule has 1 atom stereocenters. The summed E-state index contributed by atoms with van der Waals surface area (Å²) in [7, 11) is 0. The van der Waals surface area contributed by atoms with E-state index in [-0.39, 0.29) is 17.9 Å². The highest BCUT2D eigenvalue weighted by molar-refractivity contribution is 9.11. The number of anilines is 1. The predicted molar refractivity (Wildman–Crippen MR) is 83.9 cm³/mol. The van der Waals surface area contributed by atoms with Gasteiger partial charge in [0.1, 0.15) is 6.04 Å². The van der Waals surface area contributed by atoms with E-state index < -0.39 is 17.9 Å². The number of nitrogens with one attached hydrogen (secondary N) is 2. The van der Waals surface area contributed by atoms with Crippen molar-refractivity contribution in [3.8, 4) is 0 Å². The number of primary amides is 1. The van der Waals surface area contributed by atoms with Crippen molar-refractivity contribution >= 4 is 39.3 Å². The van der Waals surface area contributed by atoms with Crippen LogP contribution in [0.4, 0.5) is 5.69 Å². The summed E-state index contributed by atoms with van der Waals surface area (Å²) in [6.45, 7) is 4.96. The molecule has 7 heteroatoms. The Balaban J connectivity index is 2.94. The topological polar surface area (TPSA) is 101 Å². The van der Waals surface area contributed by atoms with Crippen LogP contribution in [-0.4, -0.2) is 23.8 Å². The van der Waals surface area contributed by atoms with Crippen LogP contribution < -0.4 is 16.4 Å². The van der Waals surface area contributed by atoms with Crippen LogP contribution >= 0.6 is 15.9 Å². The molecule has 112 valence electrons. The van der Waals surface area contributed by atoms with Gasteiger partial charge in [-0.1, -0.05) is 34.6 Å². The molecule has 1 aromatic carbocycles. The Morgan fingerprint density at radius 1 is 1.33 bits per heavy atom. The Labute approximate surface area is 130 Å². The molecular weight excluding hydrogens is 338 g/mol. The van der Waals surface area contributed by atoms with Crippen LogP contribution in [0.25, 0.3) is 0 Å². The lowest BCUT2D eigenvalue weighted by molar-refractivity contribution is -0.119. The van der Waals surface area contributed by atoms with Gasteiger partial charge in [0.2, 0.25) is 11.8 Å². The fraction of sp³-hybridized carbons (Fsp3) is 0.214. The molecule has 0 aliphatic rings. The van der Waals surface area contributed by atoms with Crippen molar-refractivity contribution < 1.29 is 14.4 Å². The molecule has 1 rings (SSSR count). The first-order valence-electron chi connectivity index (χ1n) is 6.11. The highest BCUT2D eigenvalue weighted by atomic mass is 79.9. The molecule has 0 radical (unpaired) electrons. The third kappa shape index (κ3) is 5.39. The van der Waals surface area contributed by atoms with Gasteiger partial charge in [-0.25, -0.2) is 0 Å². The van der Waals surface area contributed by atoms with Crippen molar-refractivity contribution in [2.75, 3.05) is 5.32 Å². The largest absolute Gasteiger partial charge is 0.368 e. The molecule has 0 aliphatic carbocycles. The number of hydrogen-bond donors (Lipinski definition) is 3. The number of hydrogen-bond acceptors (Lipinski definition) is 3. The van der Waals surface area contributed by atoms with Crippen LogP contribution in [0.15, 0.2) is 35.3 Å². The molecule has 3 amide bonds. The summed E-state index contributed by atoms with van der Waals surface area (Å²) < 4.78 is 0.543. The van der Waals surface area contributed by atoms with E-state index in [0.717, 1.165) is 0 Å². The lowest BCUT2D eigenvalue weighted by Crippen LogP contribution is -2.44. The van der Waals surface area contributed by atoms with Crippen molar-refractivity contribution in [2.45, 2.75) is 19.4 Å². The number of nitrogens with two attached hydrogens (primary N) is 1. The second kappa shape index (κ2) is 7.58. The van der Waals surface area contributed by atoms with E-state index in [1.807, 2.05) is 0 Å². The van der Waals surface area contributed by atoms with Crippen LogP contribution in [0.1, 0.15) is 23.7 Å². The molecule has 0 unspecified atom stereocenters. The Hall–Kier alpha value is -2.15. The van der Waals surface area contributed by atoms with Crippen molar-refractivity contribution in [2.24, 2.45) is 5.73 Å². The van der Waals surface area contributed by atoms with Gasteiger partial charge < -0.3 is 16.4 Å². The third-order valence-corrected chi connectivity index (χ3v) is 2.88. The van der Waals surface area contributed by atoms with Gasteiger partial charge in [0.25, 0.3) is 5.91 Å². The number of amides is 3. The van der Waals surface area contributed by atoms with Gasteiger partial charge in [-0.05, 0) is 16.6 Å². The summed E-state index contributed by atoms with van der Waals surface area (Å²) in [5, 5.41) is 5.08. The highest BCUT2D eigenvalue weighted by Gasteiger charge is 2.21. The van der Waals surface area contributed by atoms with E-state index in [9.17, 15) is 14.4 Å². The van der Waals surface area contributed by atoms with Crippen molar-refractivity contribution in [3.05, 3.63) is 40.9 Å². The average Bonchev–Trinajstić information content (AvgIpc) is 2.37. The number of para-hydroxylation sites is 1. The van der Waals surface area contributed by atoms with E-state index in [2.05, 4.69) is 33.1 Å². The summed E-state index contributed by atoms with van der Waals surface area (Å²) in [6, 6.07) is 5.60. The first-order valence-corrected chi connectivity index (χ1v) is 6.90. The molecule has 21 heavy (non-hydrogen) atoms. The SMILES string of the molecule is C=C(Br)C[C@H](NC(=O)c1ccccc1NC(C)=O)C(N)=O. The standard InChI is InChI=1S/C14H16BrN3O3/c1-8(15)7-12(13(16)20)18-14(21)10-5-3-4-6-11(10)17-9(2)19/h3-6,12H,1,7H2,2H3,(H2,16,20)(H,17,19)(H,18,21)/t12-/m0/s1. The molecular formula is C14H16BrN3O3. The maximum atomic E-state index is 12.2. The zero-order valence-electron chi connectivity index (χ0n) is 11.5. The van der Waals surface area contributed by atoms with E-state index in [1.165, 1.54) is 6.92 Å². The van der Waals surface area contributed by atoms with Gasteiger partial charge in [0, 0.05) is 13.3 Å². The van der Waals surface area contributed by atoms with E-state index in [1.54, 1.807) is 24.3 Å². The van der Waals surface area contributed by atoms with Crippen LogP contribution in [0.2, 0.25) is 0 Å². The van der Waals surface area contributed by atoms with Crippen LogP contribution in [0.5, 0.6) is 0 Å². The highest BCUT2D eigenvalue weighted by Crippen LogP contribution is 2.16. The second-order valence-electron chi connectivity index (χ2n) is 4.38. The minimum absolute atomic E-state index is 0.184. The maximum absolute atomic E-state index is 12.2. The number of rotatable bonds is 6. The van der Waals surface area contributed by atoms with Crippen LogP contribution in [0.3, 0.4) is 0 Å². The molecule has 0 saturated heterocycles. The van der Waals surface area contributed by atoms with Crippen molar-refractivity contribution in [1.82, 2.24) is 5.32 Å². The van der Waals surface area contributed by atoms with Gasteiger partial charge in [-0.3, -0.25) is 14.4 Å². The molecule has 0 heterocycles. The lowest BCUT2D eigenvalue weighted by Gasteiger charge is -2.16. The minimum atomic E-state index is -0.880. The number of carbonyl (C=O) groups is 3. The monoisotopic (exact) mass is 353 g/mol. The van der Waals surface area contributed by atoms with Gasteiger partial charge in [0.05, 0.1) is 11.3 Å². The van der Waals surface area contributed by atoms with Gasteiger partial charge >= 0.3 is 0 Å². The minimum Gasteiger partial charge on any atom is -0.368 e. The molecule has 0 fully saturated rings. The molecule has 0 spiro atoms. The summed E-state index contributed by atoms with van der Waals surface area (Å²) in [5.74, 6) is -1.46. The quantitative estimate of drug-likeness (QED) is 0.722. The Bertz CT molecular complexity index is 587. The summed E-state index contributed by atoms with van der Waals surface area (Å²) >= 11 is 3.13. The Morgan fingerprint density at radius 3 is 2.48 bits per heavy atom. The van der Waals surface area contributed by atoms with Crippen molar-refractivity contribution in [3.63, 3.8) is 0 Å². The van der Waals surface area contributed by atoms with E-state index in [4.69, 9.17) is 5.73 Å². The van der Waals surface area contributed by atoms with Gasteiger partial charge in [0.15, 0.2) is 0 Å². The molecule has 0 aromatic heterocycles. The molecule has 1 aromatic rings. The summed E-state index contributed by atoms with van der Waals surface area (Å²) in [4.78, 5) is 34.7. The van der Waals surface area contributed by atoms with Crippen molar-refractivity contribution in [1.29, 1.82) is 0 Å². The number of halogens is 1. The smallest absolute Gasteiger partial charge is 0.254 e. The molecule has 0 saturated carbocycles. The van der Waals surface area contributed by atoms with Gasteiger partial charge in [-0.15, -0.1) is 0 Å². The lowest BCUT2D eigenvalue weighted by atomic mass is 10.1. The maximum Gasteiger partial charge on any atom is 0.254 e. The predicted octanol–water partition coefficient (Wildman–Crippen LogP) is 1.53. The van der Waals surface area contributed by atoms with Crippen LogP contribution in [-0.2, 0) is 9.59 Å². The second-order valence-corrected chi connectivity index (χ2v) is 5.50. The van der Waals surface area contributed by atoms with Crippen LogP contribution in [0, 0.1) is 0 Å². The first kappa shape index (κ1) is 16.9. The molecule has 6 nitrogen and oxygen atoms in total. The van der Waals surface area contributed by atoms with E-state index in [0.29, 0.717) is 10.2 Å². The Morgan fingerprint density at radius 2 is 1.95 bits per heavy atom.